The fourth-order valence-corrected chi connectivity index (χ4v) is 2.14. The first-order valence-corrected chi connectivity index (χ1v) is 7.78. The maximum atomic E-state index is 12.0. The van der Waals surface area contributed by atoms with Gasteiger partial charge in [0.25, 0.3) is 5.91 Å². The molecule has 0 atom stereocenters. The van der Waals surface area contributed by atoms with E-state index in [1.165, 1.54) is 6.92 Å². The number of rotatable bonds is 8. The number of hydrogen-bond acceptors (Lipinski definition) is 4. The number of amides is 2. The minimum Gasteiger partial charge on any atom is -0.456 e. The molecular weight excluding hydrogens is 296 g/mol. The molecule has 0 saturated heterocycles. The van der Waals surface area contributed by atoms with E-state index in [1.54, 1.807) is 0 Å². The molecule has 0 heterocycles. The molecule has 0 unspecified atom stereocenters. The predicted octanol–water partition coefficient (Wildman–Crippen LogP) is 1.82. The van der Waals surface area contributed by atoms with Crippen LogP contribution in [0, 0.1) is 0 Å². The van der Waals surface area contributed by atoms with Gasteiger partial charge in [-0.3, -0.25) is 14.4 Å². The first kappa shape index (κ1) is 18.7. The van der Waals surface area contributed by atoms with Crippen LogP contribution >= 0.6 is 0 Å². The average Bonchev–Trinajstić information content (AvgIpc) is 2.52. The van der Waals surface area contributed by atoms with Crippen LogP contribution in [-0.2, 0) is 32.0 Å². The van der Waals surface area contributed by atoms with Gasteiger partial charge in [-0.1, -0.05) is 32.0 Å². The second-order valence-electron chi connectivity index (χ2n) is 5.10. The zero-order chi connectivity index (χ0) is 17.2. The Morgan fingerprint density at radius 3 is 2.22 bits per heavy atom. The van der Waals surface area contributed by atoms with Crippen LogP contribution in [0.5, 0.6) is 0 Å². The van der Waals surface area contributed by atoms with Crippen LogP contribution in [0.3, 0.4) is 0 Å². The molecule has 126 valence electrons. The number of anilines is 1. The Bertz CT molecular complexity index is 547. The summed E-state index contributed by atoms with van der Waals surface area (Å²) in [6.07, 6.45) is 1.65. The van der Waals surface area contributed by atoms with E-state index < -0.39 is 5.97 Å². The molecule has 23 heavy (non-hydrogen) atoms. The second kappa shape index (κ2) is 9.61. The van der Waals surface area contributed by atoms with Crippen molar-refractivity contribution in [2.24, 2.45) is 0 Å². The molecular formula is C17H24N2O4. The highest BCUT2D eigenvalue weighted by atomic mass is 16.5. The van der Waals surface area contributed by atoms with E-state index in [0.717, 1.165) is 29.7 Å². The lowest BCUT2D eigenvalue weighted by molar-refractivity contribution is -0.147. The Labute approximate surface area is 136 Å². The molecule has 0 radical (unpaired) electrons. The van der Waals surface area contributed by atoms with Crippen molar-refractivity contribution < 1.29 is 19.1 Å². The van der Waals surface area contributed by atoms with Gasteiger partial charge >= 0.3 is 5.97 Å². The van der Waals surface area contributed by atoms with E-state index in [2.05, 4.69) is 10.6 Å². The monoisotopic (exact) mass is 320 g/mol. The molecule has 1 aromatic rings. The number of aryl methyl sites for hydroxylation is 2. The van der Waals surface area contributed by atoms with Gasteiger partial charge in [0.05, 0.1) is 6.42 Å². The Balaban J connectivity index is 2.51. The molecule has 6 nitrogen and oxygen atoms in total. The zero-order valence-electron chi connectivity index (χ0n) is 13.9. The number of esters is 1. The first-order chi connectivity index (χ1) is 11.0. The summed E-state index contributed by atoms with van der Waals surface area (Å²) in [5.41, 5.74) is 2.90. The second-order valence-corrected chi connectivity index (χ2v) is 5.10. The van der Waals surface area contributed by atoms with Crippen molar-refractivity contribution in [3.05, 3.63) is 29.3 Å². The van der Waals surface area contributed by atoms with Crippen LogP contribution in [0.1, 0.15) is 38.3 Å². The molecule has 0 aliphatic carbocycles. The fourth-order valence-electron chi connectivity index (χ4n) is 2.14. The predicted molar refractivity (Wildman–Crippen MR) is 88.1 cm³/mol. The van der Waals surface area contributed by atoms with E-state index in [0.29, 0.717) is 0 Å². The van der Waals surface area contributed by atoms with Gasteiger partial charge in [-0.2, -0.15) is 0 Å². The average molecular weight is 320 g/mol. The first-order valence-electron chi connectivity index (χ1n) is 7.78. The lowest BCUT2D eigenvalue weighted by atomic mass is 10.0. The van der Waals surface area contributed by atoms with Crippen LogP contribution in [-0.4, -0.2) is 30.9 Å². The molecule has 0 bridgehead atoms. The molecule has 2 N–H and O–H groups in total. The van der Waals surface area contributed by atoms with Crippen molar-refractivity contribution in [2.45, 2.75) is 40.0 Å². The molecule has 0 fully saturated rings. The molecule has 2 amide bonds. The molecule has 0 saturated carbocycles. The molecule has 0 aliphatic heterocycles. The van der Waals surface area contributed by atoms with E-state index in [9.17, 15) is 14.4 Å². The van der Waals surface area contributed by atoms with Crippen LogP contribution in [0.25, 0.3) is 0 Å². The topological polar surface area (TPSA) is 84.5 Å². The standard InChI is InChI=1S/C17H24N2O4/c1-4-13-7-6-8-14(5-2)17(13)19-15(21)11-23-16(22)9-10-18-12(3)20/h6-8H,4-5,9-11H2,1-3H3,(H,18,20)(H,19,21). The Morgan fingerprint density at radius 1 is 1.09 bits per heavy atom. The highest BCUT2D eigenvalue weighted by Crippen LogP contribution is 2.22. The highest BCUT2D eigenvalue weighted by Gasteiger charge is 2.12. The van der Waals surface area contributed by atoms with E-state index >= 15 is 0 Å². The lowest BCUT2D eigenvalue weighted by Crippen LogP contribution is -2.26. The van der Waals surface area contributed by atoms with Crippen molar-refractivity contribution in [3.8, 4) is 0 Å². The maximum Gasteiger partial charge on any atom is 0.308 e. The van der Waals surface area contributed by atoms with Crippen LogP contribution < -0.4 is 10.6 Å². The number of nitrogens with one attached hydrogen (secondary N) is 2. The summed E-state index contributed by atoms with van der Waals surface area (Å²) >= 11 is 0. The maximum absolute atomic E-state index is 12.0. The van der Waals surface area contributed by atoms with Crippen molar-refractivity contribution >= 4 is 23.5 Å². The number of ether oxygens (including phenoxy) is 1. The van der Waals surface area contributed by atoms with Gasteiger partial charge in [0, 0.05) is 19.2 Å². The quantitative estimate of drug-likeness (QED) is 0.716. The van der Waals surface area contributed by atoms with Gasteiger partial charge in [0.2, 0.25) is 5.91 Å². The van der Waals surface area contributed by atoms with Crippen molar-refractivity contribution in [3.63, 3.8) is 0 Å². The number of hydrogen-bond donors (Lipinski definition) is 2. The van der Waals surface area contributed by atoms with Gasteiger partial charge in [0.1, 0.15) is 0 Å². The summed E-state index contributed by atoms with van der Waals surface area (Å²) in [7, 11) is 0. The number of benzene rings is 1. The Kier molecular flexibility index (Phi) is 7.80. The minimum atomic E-state index is -0.520. The summed E-state index contributed by atoms with van der Waals surface area (Å²) in [5.74, 6) is -1.10. The van der Waals surface area contributed by atoms with Gasteiger partial charge in [0.15, 0.2) is 6.61 Å². The summed E-state index contributed by atoms with van der Waals surface area (Å²) in [5, 5.41) is 5.32. The third-order valence-electron chi connectivity index (χ3n) is 3.33. The minimum absolute atomic E-state index is 0.0403. The molecule has 0 spiro atoms. The number of para-hydroxylation sites is 1. The third-order valence-corrected chi connectivity index (χ3v) is 3.33. The largest absolute Gasteiger partial charge is 0.456 e. The van der Waals surface area contributed by atoms with Crippen LogP contribution in [0.15, 0.2) is 18.2 Å². The Hall–Kier alpha value is -2.37. The molecule has 1 rings (SSSR count). The van der Waals surface area contributed by atoms with Gasteiger partial charge in [-0.15, -0.1) is 0 Å². The van der Waals surface area contributed by atoms with E-state index in [1.807, 2.05) is 32.0 Å². The summed E-state index contributed by atoms with van der Waals surface area (Å²) in [6, 6.07) is 5.90. The van der Waals surface area contributed by atoms with Crippen molar-refractivity contribution in [2.75, 3.05) is 18.5 Å². The third kappa shape index (κ3) is 6.50. The summed E-state index contributed by atoms with van der Waals surface area (Å²) in [4.78, 5) is 34.1. The van der Waals surface area contributed by atoms with Gasteiger partial charge in [-0.25, -0.2) is 0 Å². The van der Waals surface area contributed by atoms with E-state index in [4.69, 9.17) is 4.74 Å². The zero-order valence-corrected chi connectivity index (χ0v) is 13.9. The highest BCUT2D eigenvalue weighted by molar-refractivity contribution is 5.94. The summed E-state index contributed by atoms with van der Waals surface area (Å²) < 4.78 is 4.90. The molecule has 0 aromatic heterocycles. The molecule has 1 aromatic carbocycles. The lowest BCUT2D eigenvalue weighted by Gasteiger charge is -2.14. The van der Waals surface area contributed by atoms with E-state index in [-0.39, 0.29) is 31.4 Å². The van der Waals surface area contributed by atoms with Gasteiger partial charge < -0.3 is 15.4 Å². The molecule has 0 aliphatic rings. The van der Waals surface area contributed by atoms with Gasteiger partial charge in [-0.05, 0) is 24.0 Å². The SMILES string of the molecule is CCc1cccc(CC)c1NC(=O)COC(=O)CCNC(C)=O. The smallest absolute Gasteiger partial charge is 0.308 e. The van der Waals surface area contributed by atoms with Crippen molar-refractivity contribution in [1.29, 1.82) is 0 Å². The van der Waals surface area contributed by atoms with Crippen molar-refractivity contribution in [1.82, 2.24) is 5.32 Å². The Morgan fingerprint density at radius 2 is 1.70 bits per heavy atom. The van der Waals surface area contributed by atoms with Crippen LogP contribution in [0.4, 0.5) is 5.69 Å². The fraction of sp³-hybridized carbons (Fsp3) is 0.471. The number of carbonyl (C=O) groups excluding carboxylic acids is 3. The summed E-state index contributed by atoms with van der Waals surface area (Å²) in [6.45, 7) is 5.28. The van der Waals surface area contributed by atoms with Crippen LogP contribution in [0.2, 0.25) is 0 Å². The number of carbonyl (C=O) groups is 3. The molecule has 6 heteroatoms. The normalized spacial score (nSPS) is 10.0.